The molecule has 3 rings (SSSR count). The largest absolute Gasteiger partial charge is 0.472 e. The van der Waals surface area contributed by atoms with E-state index in [1.165, 1.54) is 0 Å². The molecular formula is C14H14ClN3O. The van der Waals surface area contributed by atoms with Crippen molar-refractivity contribution in [2.24, 2.45) is 0 Å². The summed E-state index contributed by atoms with van der Waals surface area (Å²) < 4.78 is 7.15. The molecule has 5 heteroatoms. The minimum Gasteiger partial charge on any atom is -0.472 e. The average Bonchev–Trinajstić information content (AvgIpc) is 2.97. The zero-order valence-corrected chi connectivity index (χ0v) is 11.6. The normalized spacial score (nSPS) is 13.0. The SMILES string of the molecule is Cc1cnc2c(c1)nc(C(C)Cl)n2Cc1ccoc1. The zero-order valence-electron chi connectivity index (χ0n) is 10.8. The van der Waals surface area contributed by atoms with Crippen LogP contribution in [-0.2, 0) is 6.54 Å². The average molecular weight is 276 g/mol. The quantitative estimate of drug-likeness (QED) is 0.685. The second-order valence-corrected chi connectivity index (χ2v) is 5.31. The minimum atomic E-state index is -0.165. The monoisotopic (exact) mass is 275 g/mol. The molecule has 1 atom stereocenters. The number of furan rings is 1. The van der Waals surface area contributed by atoms with Crippen molar-refractivity contribution in [2.75, 3.05) is 0 Å². The predicted molar refractivity (Wildman–Crippen MR) is 74.3 cm³/mol. The van der Waals surface area contributed by atoms with Crippen molar-refractivity contribution in [1.82, 2.24) is 14.5 Å². The Balaban J connectivity index is 2.16. The van der Waals surface area contributed by atoms with Crippen molar-refractivity contribution in [2.45, 2.75) is 25.8 Å². The fourth-order valence-electron chi connectivity index (χ4n) is 2.15. The molecule has 0 spiro atoms. The molecule has 0 radical (unpaired) electrons. The molecule has 4 nitrogen and oxygen atoms in total. The molecular weight excluding hydrogens is 262 g/mol. The van der Waals surface area contributed by atoms with Gasteiger partial charge in [0.15, 0.2) is 5.65 Å². The summed E-state index contributed by atoms with van der Waals surface area (Å²) in [6.07, 6.45) is 5.23. The van der Waals surface area contributed by atoms with Gasteiger partial charge in [-0.05, 0) is 31.5 Å². The molecule has 0 aliphatic carbocycles. The summed E-state index contributed by atoms with van der Waals surface area (Å²) in [5.41, 5.74) is 3.90. The van der Waals surface area contributed by atoms with Gasteiger partial charge in [-0.25, -0.2) is 9.97 Å². The molecule has 0 bridgehead atoms. The van der Waals surface area contributed by atoms with Crippen molar-refractivity contribution < 1.29 is 4.42 Å². The fourth-order valence-corrected chi connectivity index (χ4v) is 2.32. The summed E-state index contributed by atoms with van der Waals surface area (Å²) in [4.78, 5) is 9.07. The fraction of sp³-hybridized carbons (Fsp3) is 0.286. The Morgan fingerprint density at radius 2 is 2.32 bits per heavy atom. The lowest BCUT2D eigenvalue weighted by Gasteiger charge is -2.08. The van der Waals surface area contributed by atoms with E-state index in [1.807, 2.05) is 36.7 Å². The number of alkyl halides is 1. The zero-order chi connectivity index (χ0) is 13.4. The Morgan fingerprint density at radius 3 is 3.00 bits per heavy atom. The molecule has 0 aromatic carbocycles. The molecule has 0 amide bonds. The highest BCUT2D eigenvalue weighted by Gasteiger charge is 2.16. The maximum Gasteiger partial charge on any atom is 0.160 e. The van der Waals surface area contributed by atoms with E-state index in [-0.39, 0.29) is 5.38 Å². The van der Waals surface area contributed by atoms with Crippen LogP contribution in [0, 0.1) is 6.92 Å². The van der Waals surface area contributed by atoms with Crippen LogP contribution in [0.3, 0.4) is 0 Å². The van der Waals surface area contributed by atoms with Gasteiger partial charge in [0.25, 0.3) is 0 Å². The first-order valence-electron chi connectivity index (χ1n) is 6.13. The summed E-state index contributed by atoms with van der Waals surface area (Å²) in [5.74, 6) is 0.830. The molecule has 3 aromatic rings. The molecule has 0 aliphatic rings. The number of imidazole rings is 1. The van der Waals surface area contributed by atoms with Crippen molar-refractivity contribution in [3.63, 3.8) is 0 Å². The maximum atomic E-state index is 6.23. The van der Waals surface area contributed by atoms with Crippen LogP contribution in [0.1, 0.15) is 29.3 Å². The molecule has 0 saturated carbocycles. The van der Waals surface area contributed by atoms with E-state index in [1.54, 1.807) is 12.5 Å². The Kier molecular flexibility index (Phi) is 3.03. The Labute approximate surface area is 116 Å². The van der Waals surface area contributed by atoms with Crippen LogP contribution in [0.15, 0.2) is 35.3 Å². The third-order valence-corrected chi connectivity index (χ3v) is 3.22. The first-order chi connectivity index (χ1) is 9.15. The highest BCUT2D eigenvalue weighted by molar-refractivity contribution is 6.20. The van der Waals surface area contributed by atoms with Crippen LogP contribution >= 0.6 is 11.6 Å². The van der Waals surface area contributed by atoms with E-state index < -0.39 is 0 Å². The van der Waals surface area contributed by atoms with Gasteiger partial charge in [0.05, 0.1) is 24.4 Å². The Bertz CT molecular complexity index is 701. The number of aryl methyl sites for hydroxylation is 1. The molecule has 3 heterocycles. The van der Waals surface area contributed by atoms with Crippen molar-refractivity contribution in [3.05, 3.63) is 47.8 Å². The first kappa shape index (κ1) is 12.2. The molecule has 98 valence electrons. The second-order valence-electron chi connectivity index (χ2n) is 4.66. The van der Waals surface area contributed by atoms with Gasteiger partial charge in [-0.1, -0.05) is 0 Å². The summed E-state index contributed by atoms with van der Waals surface area (Å²) in [7, 11) is 0. The van der Waals surface area contributed by atoms with Crippen LogP contribution < -0.4 is 0 Å². The lowest BCUT2D eigenvalue weighted by molar-refractivity contribution is 0.561. The smallest absolute Gasteiger partial charge is 0.160 e. The topological polar surface area (TPSA) is 43.9 Å². The van der Waals surface area contributed by atoms with Gasteiger partial charge in [-0.3, -0.25) is 0 Å². The standard InChI is InChI=1S/C14H14ClN3O/c1-9-5-12-14(16-6-9)18(13(17-12)10(2)15)7-11-3-4-19-8-11/h3-6,8,10H,7H2,1-2H3. The van der Waals surface area contributed by atoms with Crippen LogP contribution in [0.2, 0.25) is 0 Å². The molecule has 19 heavy (non-hydrogen) atoms. The van der Waals surface area contributed by atoms with E-state index in [4.69, 9.17) is 16.0 Å². The third kappa shape index (κ3) is 2.24. The van der Waals surface area contributed by atoms with Gasteiger partial charge in [0, 0.05) is 11.8 Å². The second kappa shape index (κ2) is 4.70. The van der Waals surface area contributed by atoms with Gasteiger partial charge in [-0.15, -0.1) is 11.6 Å². The van der Waals surface area contributed by atoms with Gasteiger partial charge >= 0.3 is 0 Å². The summed E-state index contributed by atoms with van der Waals surface area (Å²) >= 11 is 6.23. The number of halogens is 1. The summed E-state index contributed by atoms with van der Waals surface area (Å²) in [5, 5.41) is -0.165. The van der Waals surface area contributed by atoms with Gasteiger partial charge in [0.1, 0.15) is 11.3 Å². The molecule has 3 aromatic heterocycles. The van der Waals surface area contributed by atoms with Crippen molar-refractivity contribution in [1.29, 1.82) is 0 Å². The third-order valence-electron chi connectivity index (χ3n) is 3.03. The first-order valence-corrected chi connectivity index (χ1v) is 6.56. The number of nitrogens with zero attached hydrogens (tertiary/aromatic N) is 3. The van der Waals surface area contributed by atoms with Gasteiger partial charge in [0.2, 0.25) is 0 Å². The van der Waals surface area contributed by atoms with Crippen molar-refractivity contribution in [3.8, 4) is 0 Å². The number of hydrogen-bond donors (Lipinski definition) is 0. The number of fused-ring (bicyclic) bond motifs is 1. The highest BCUT2D eigenvalue weighted by Crippen LogP contribution is 2.25. The maximum absolute atomic E-state index is 6.23. The number of rotatable bonds is 3. The predicted octanol–water partition coefficient (Wildman–Crippen LogP) is 3.68. The number of pyridine rings is 1. The molecule has 0 saturated heterocycles. The van der Waals surface area contributed by atoms with Crippen molar-refractivity contribution >= 4 is 22.8 Å². The van der Waals surface area contributed by atoms with Crippen LogP contribution in [0.4, 0.5) is 0 Å². The van der Waals surface area contributed by atoms with E-state index in [0.29, 0.717) is 6.54 Å². The van der Waals surface area contributed by atoms with E-state index >= 15 is 0 Å². The lowest BCUT2D eigenvalue weighted by Crippen LogP contribution is -2.05. The van der Waals surface area contributed by atoms with Gasteiger partial charge in [-0.2, -0.15) is 0 Å². The lowest BCUT2D eigenvalue weighted by atomic mass is 10.3. The summed E-state index contributed by atoms with van der Waals surface area (Å²) in [6, 6.07) is 3.96. The van der Waals surface area contributed by atoms with Crippen LogP contribution in [0.5, 0.6) is 0 Å². The molecule has 0 aliphatic heterocycles. The van der Waals surface area contributed by atoms with Crippen LogP contribution in [-0.4, -0.2) is 14.5 Å². The molecule has 0 N–H and O–H groups in total. The summed E-state index contributed by atoms with van der Waals surface area (Å²) in [6.45, 7) is 4.59. The van der Waals surface area contributed by atoms with E-state index in [0.717, 1.165) is 28.1 Å². The van der Waals surface area contributed by atoms with E-state index in [9.17, 15) is 0 Å². The minimum absolute atomic E-state index is 0.165. The highest BCUT2D eigenvalue weighted by atomic mass is 35.5. The molecule has 0 fully saturated rings. The van der Waals surface area contributed by atoms with Crippen LogP contribution in [0.25, 0.3) is 11.2 Å². The number of aromatic nitrogens is 3. The number of hydrogen-bond acceptors (Lipinski definition) is 3. The molecule has 1 unspecified atom stereocenters. The Hall–Kier alpha value is -1.81. The van der Waals surface area contributed by atoms with Gasteiger partial charge < -0.3 is 8.98 Å². The van der Waals surface area contributed by atoms with E-state index in [2.05, 4.69) is 9.97 Å². The Morgan fingerprint density at radius 1 is 1.47 bits per heavy atom.